The van der Waals surface area contributed by atoms with Gasteiger partial charge in [-0.2, -0.15) is 13.2 Å². The Hall–Kier alpha value is -2.88. The van der Waals surface area contributed by atoms with Gasteiger partial charge in [-0.1, -0.05) is 17.9 Å². The van der Waals surface area contributed by atoms with Gasteiger partial charge < -0.3 is 5.32 Å². The van der Waals surface area contributed by atoms with Crippen LogP contribution in [-0.2, 0) is 6.18 Å². The summed E-state index contributed by atoms with van der Waals surface area (Å²) in [5.41, 5.74) is -0.394. The van der Waals surface area contributed by atoms with Crippen molar-refractivity contribution in [3.63, 3.8) is 0 Å². The second-order valence-electron chi connectivity index (χ2n) is 4.15. The molecule has 1 heterocycles. The molecule has 0 aliphatic heterocycles. The van der Waals surface area contributed by atoms with Gasteiger partial charge in [-0.3, -0.25) is 9.78 Å². The largest absolute Gasteiger partial charge is 0.416 e. The number of alkyl halides is 3. The highest BCUT2D eigenvalue weighted by atomic mass is 19.4. The third-order valence-electron chi connectivity index (χ3n) is 2.56. The molecule has 0 aliphatic carbocycles. The number of amides is 1. The van der Waals surface area contributed by atoms with Gasteiger partial charge in [0.25, 0.3) is 5.91 Å². The zero-order chi connectivity index (χ0) is 16.0. The van der Waals surface area contributed by atoms with Crippen LogP contribution >= 0.6 is 0 Å². The average Bonchev–Trinajstić information content (AvgIpc) is 2.52. The topological polar surface area (TPSA) is 54.9 Å². The van der Waals surface area contributed by atoms with E-state index < -0.39 is 17.6 Å². The lowest BCUT2D eigenvalue weighted by atomic mass is 10.1. The van der Waals surface area contributed by atoms with Gasteiger partial charge in [0.1, 0.15) is 5.69 Å². The number of hydrogen-bond donors (Lipinski definition) is 1. The summed E-state index contributed by atoms with van der Waals surface area (Å²) in [5, 5.41) is 2.48. The number of carbonyl (C=O) groups excluding carboxylic acids is 1. The lowest BCUT2D eigenvalue weighted by Gasteiger charge is -2.05. The molecular formula is C15H10F3N3O. The SMILES string of the molecule is O=C(NCC#Cc1cccc(C(F)(F)F)c1)c1cnccn1. The summed E-state index contributed by atoms with van der Waals surface area (Å²) in [4.78, 5) is 19.2. The zero-order valence-electron chi connectivity index (χ0n) is 11.2. The molecule has 22 heavy (non-hydrogen) atoms. The van der Waals surface area contributed by atoms with Gasteiger partial charge in [-0.05, 0) is 18.2 Å². The first-order valence-electron chi connectivity index (χ1n) is 6.17. The molecule has 0 atom stereocenters. The lowest BCUT2D eigenvalue weighted by Crippen LogP contribution is -2.24. The fourth-order valence-corrected chi connectivity index (χ4v) is 1.55. The lowest BCUT2D eigenvalue weighted by molar-refractivity contribution is -0.137. The van der Waals surface area contributed by atoms with Gasteiger partial charge in [0, 0.05) is 18.0 Å². The number of carbonyl (C=O) groups is 1. The molecule has 0 saturated carbocycles. The van der Waals surface area contributed by atoms with E-state index >= 15 is 0 Å². The van der Waals surface area contributed by atoms with E-state index in [0.29, 0.717) is 0 Å². The van der Waals surface area contributed by atoms with Gasteiger partial charge in [0.05, 0.1) is 18.3 Å². The maximum atomic E-state index is 12.5. The first kappa shape index (κ1) is 15.5. The Kier molecular flexibility index (Phi) is 4.73. The molecule has 0 spiro atoms. The molecule has 0 unspecified atom stereocenters. The highest BCUT2D eigenvalue weighted by Gasteiger charge is 2.30. The summed E-state index contributed by atoms with van der Waals surface area (Å²) in [7, 11) is 0. The highest BCUT2D eigenvalue weighted by Crippen LogP contribution is 2.29. The molecule has 112 valence electrons. The van der Waals surface area contributed by atoms with Crippen molar-refractivity contribution < 1.29 is 18.0 Å². The van der Waals surface area contributed by atoms with E-state index in [2.05, 4.69) is 27.1 Å². The molecule has 4 nitrogen and oxygen atoms in total. The van der Waals surface area contributed by atoms with Crippen LogP contribution in [0.3, 0.4) is 0 Å². The van der Waals surface area contributed by atoms with Crippen molar-refractivity contribution in [1.29, 1.82) is 0 Å². The summed E-state index contributed by atoms with van der Waals surface area (Å²) in [6, 6.07) is 4.68. The molecule has 2 rings (SSSR count). The highest BCUT2D eigenvalue weighted by molar-refractivity contribution is 5.91. The first-order chi connectivity index (χ1) is 10.5. The molecule has 0 fully saturated rings. The van der Waals surface area contributed by atoms with Crippen LogP contribution in [0.1, 0.15) is 21.6 Å². The number of nitrogens with zero attached hydrogens (tertiary/aromatic N) is 2. The smallest absolute Gasteiger partial charge is 0.340 e. The Bertz CT molecular complexity index is 718. The van der Waals surface area contributed by atoms with Crippen molar-refractivity contribution >= 4 is 5.91 Å². The number of nitrogens with one attached hydrogen (secondary N) is 1. The van der Waals surface area contributed by atoms with Gasteiger partial charge >= 0.3 is 6.18 Å². The van der Waals surface area contributed by atoms with Crippen molar-refractivity contribution in [3.05, 3.63) is 59.7 Å². The molecule has 0 radical (unpaired) electrons. The van der Waals surface area contributed by atoms with Crippen molar-refractivity contribution in [3.8, 4) is 11.8 Å². The van der Waals surface area contributed by atoms with Crippen LogP contribution in [0.15, 0.2) is 42.9 Å². The maximum Gasteiger partial charge on any atom is 0.416 e. The molecule has 7 heteroatoms. The van der Waals surface area contributed by atoms with E-state index in [9.17, 15) is 18.0 Å². The number of benzene rings is 1. The molecule has 1 aromatic heterocycles. The molecule has 1 aromatic carbocycles. The fraction of sp³-hybridized carbons (Fsp3) is 0.133. The van der Waals surface area contributed by atoms with Crippen molar-refractivity contribution in [2.75, 3.05) is 6.54 Å². The van der Waals surface area contributed by atoms with Crippen LogP contribution in [-0.4, -0.2) is 22.4 Å². The second kappa shape index (κ2) is 6.72. The zero-order valence-corrected chi connectivity index (χ0v) is 11.2. The van der Waals surface area contributed by atoms with Crippen LogP contribution in [0.5, 0.6) is 0 Å². The van der Waals surface area contributed by atoms with E-state index in [-0.39, 0.29) is 17.8 Å². The third-order valence-corrected chi connectivity index (χ3v) is 2.56. The van der Waals surface area contributed by atoms with E-state index in [0.717, 1.165) is 12.1 Å². The Morgan fingerprint density at radius 3 is 2.77 bits per heavy atom. The Balaban J connectivity index is 1.96. The van der Waals surface area contributed by atoms with Crippen LogP contribution < -0.4 is 5.32 Å². The predicted octanol–water partition coefficient (Wildman–Crippen LogP) is 2.28. The molecular weight excluding hydrogens is 295 g/mol. The van der Waals surface area contributed by atoms with Gasteiger partial charge in [-0.25, -0.2) is 4.98 Å². The monoisotopic (exact) mass is 305 g/mol. The Morgan fingerprint density at radius 1 is 1.27 bits per heavy atom. The van der Waals surface area contributed by atoms with Gasteiger partial charge in [-0.15, -0.1) is 0 Å². The van der Waals surface area contributed by atoms with Crippen LogP contribution in [0.25, 0.3) is 0 Å². The quantitative estimate of drug-likeness (QED) is 0.866. The summed E-state index contributed by atoms with van der Waals surface area (Å²) in [5.74, 6) is 4.69. The number of aromatic nitrogens is 2. The molecule has 2 aromatic rings. The fourth-order valence-electron chi connectivity index (χ4n) is 1.55. The van der Waals surface area contributed by atoms with Crippen LogP contribution in [0.4, 0.5) is 13.2 Å². The van der Waals surface area contributed by atoms with E-state index in [1.165, 1.54) is 30.7 Å². The van der Waals surface area contributed by atoms with E-state index in [4.69, 9.17) is 0 Å². The molecule has 1 N–H and O–H groups in total. The van der Waals surface area contributed by atoms with Crippen LogP contribution in [0, 0.1) is 11.8 Å². The Morgan fingerprint density at radius 2 is 2.09 bits per heavy atom. The predicted molar refractivity (Wildman–Crippen MR) is 72.7 cm³/mol. The Labute approximate surface area is 124 Å². The van der Waals surface area contributed by atoms with Crippen molar-refractivity contribution in [2.24, 2.45) is 0 Å². The number of rotatable bonds is 2. The van der Waals surface area contributed by atoms with Gasteiger partial charge in [0.2, 0.25) is 0 Å². The summed E-state index contributed by atoms with van der Waals surface area (Å²) < 4.78 is 37.6. The summed E-state index contributed by atoms with van der Waals surface area (Å²) in [6.07, 6.45) is -0.291. The van der Waals surface area contributed by atoms with E-state index in [1.54, 1.807) is 0 Å². The van der Waals surface area contributed by atoms with Crippen LogP contribution in [0.2, 0.25) is 0 Å². The summed E-state index contributed by atoms with van der Waals surface area (Å²) in [6.45, 7) is -0.00828. The van der Waals surface area contributed by atoms with Gasteiger partial charge in [0.15, 0.2) is 0 Å². The first-order valence-corrected chi connectivity index (χ1v) is 6.17. The minimum absolute atomic E-state index is 0.00828. The summed E-state index contributed by atoms with van der Waals surface area (Å²) >= 11 is 0. The molecule has 0 bridgehead atoms. The standard InChI is InChI=1S/C15H10F3N3O/c16-15(17,18)12-5-1-3-11(9-12)4-2-6-21-14(22)13-10-19-7-8-20-13/h1,3,5,7-10H,6H2,(H,21,22). The van der Waals surface area contributed by atoms with Crippen molar-refractivity contribution in [2.45, 2.75) is 6.18 Å². The minimum Gasteiger partial charge on any atom is -0.340 e. The minimum atomic E-state index is -4.40. The number of halogens is 3. The normalized spacial score (nSPS) is 10.5. The average molecular weight is 305 g/mol. The van der Waals surface area contributed by atoms with E-state index in [1.807, 2.05) is 0 Å². The third kappa shape index (κ3) is 4.31. The molecule has 0 aliphatic rings. The maximum absolute atomic E-state index is 12.5. The number of hydrogen-bond acceptors (Lipinski definition) is 3. The molecule has 0 saturated heterocycles. The second-order valence-corrected chi connectivity index (χ2v) is 4.15. The molecule has 1 amide bonds. The van der Waals surface area contributed by atoms with Crippen molar-refractivity contribution in [1.82, 2.24) is 15.3 Å².